The second kappa shape index (κ2) is 6.14. The lowest BCUT2D eigenvalue weighted by Crippen LogP contribution is -1.98. The molecule has 0 radical (unpaired) electrons. The van der Waals surface area contributed by atoms with Crippen LogP contribution < -0.4 is 0 Å². The van der Waals surface area contributed by atoms with Crippen molar-refractivity contribution in [1.82, 2.24) is 0 Å². The second-order valence-electron chi connectivity index (χ2n) is 4.68. The van der Waals surface area contributed by atoms with Gasteiger partial charge in [-0.3, -0.25) is 4.79 Å². The quantitative estimate of drug-likeness (QED) is 0.564. The molecule has 2 aromatic rings. The normalized spacial score (nSPS) is 11.0. The van der Waals surface area contributed by atoms with Crippen molar-refractivity contribution >= 4 is 27.8 Å². The van der Waals surface area contributed by atoms with Gasteiger partial charge in [0.2, 0.25) is 0 Å². The van der Waals surface area contributed by atoms with Crippen LogP contribution >= 0.6 is 15.9 Å². The smallest absolute Gasteiger partial charge is 0.186 e. The monoisotopic (exact) mass is 332 g/mol. The predicted octanol–water partition coefficient (Wildman–Crippen LogP) is 5.10. The zero-order valence-corrected chi connectivity index (χ0v) is 12.9. The number of allylic oxidation sites excluding steroid dienone is 1. The molecule has 0 unspecified atom stereocenters. The molecule has 20 heavy (non-hydrogen) atoms. The number of aryl methyl sites for hydroxylation is 2. The Morgan fingerprint density at radius 3 is 2.60 bits per heavy atom. The molecule has 0 fully saturated rings. The van der Waals surface area contributed by atoms with Crippen LogP contribution in [0.25, 0.3) is 6.08 Å². The minimum atomic E-state index is -0.349. The first-order chi connectivity index (χ1) is 9.47. The van der Waals surface area contributed by atoms with E-state index in [2.05, 4.69) is 15.9 Å². The SMILES string of the molecule is Cc1ccc(C(=O)/C=C/c2cc(Br)ccc2F)c(C)c1. The largest absolute Gasteiger partial charge is 0.289 e. The Kier molecular flexibility index (Phi) is 4.50. The highest BCUT2D eigenvalue weighted by Crippen LogP contribution is 2.18. The second-order valence-corrected chi connectivity index (χ2v) is 5.60. The summed E-state index contributed by atoms with van der Waals surface area (Å²) in [5.41, 5.74) is 3.06. The molecule has 0 aliphatic rings. The van der Waals surface area contributed by atoms with Crippen LogP contribution in [0.1, 0.15) is 27.0 Å². The zero-order valence-electron chi connectivity index (χ0n) is 11.3. The zero-order chi connectivity index (χ0) is 14.7. The van der Waals surface area contributed by atoms with Crippen molar-refractivity contribution in [3.63, 3.8) is 0 Å². The van der Waals surface area contributed by atoms with E-state index < -0.39 is 0 Å². The van der Waals surface area contributed by atoms with E-state index in [0.717, 1.165) is 15.6 Å². The highest BCUT2D eigenvalue weighted by Gasteiger charge is 2.06. The van der Waals surface area contributed by atoms with Gasteiger partial charge in [0.05, 0.1) is 0 Å². The van der Waals surface area contributed by atoms with Gasteiger partial charge in [0, 0.05) is 15.6 Å². The van der Waals surface area contributed by atoms with Crippen molar-refractivity contribution in [2.45, 2.75) is 13.8 Å². The van der Waals surface area contributed by atoms with E-state index >= 15 is 0 Å². The molecular weight excluding hydrogens is 319 g/mol. The van der Waals surface area contributed by atoms with Gasteiger partial charge in [-0.2, -0.15) is 0 Å². The van der Waals surface area contributed by atoms with Gasteiger partial charge in [0.15, 0.2) is 5.78 Å². The molecule has 0 saturated heterocycles. The van der Waals surface area contributed by atoms with Crippen molar-refractivity contribution in [1.29, 1.82) is 0 Å². The number of ketones is 1. The Bertz CT molecular complexity index is 689. The van der Waals surface area contributed by atoms with Crippen molar-refractivity contribution in [3.05, 3.63) is 75.0 Å². The first kappa shape index (κ1) is 14.7. The first-order valence-corrected chi connectivity index (χ1v) is 7.01. The molecule has 0 aliphatic heterocycles. The van der Waals surface area contributed by atoms with Gasteiger partial charge in [-0.1, -0.05) is 39.7 Å². The van der Waals surface area contributed by atoms with E-state index in [9.17, 15) is 9.18 Å². The van der Waals surface area contributed by atoms with E-state index in [-0.39, 0.29) is 11.6 Å². The molecule has 0 bridgehead atoms. The van der Waals surface area contributed by atoms with Crippen LogP contribution in [0.5, 0.6) is 0 Å². The van der Waals surface area contributed by atoms with Crippen LogP contribution in [0.2, 0.25) is 0 Å². The first-order valence-electron chi connectivity index (χ1n) is 6.22. The molecule has 0 spiro atoms. The lowest BCUT2D eigenvalue weighted by atomic mass is 10.0. The average Bonchev–Trinajstić information content (AvgIpc) is 2.39. The number of hydrogen-bond donors (Lipinski definition) is 0. The fraction of sp³-hybridized carbons (Fsp3) is 0.118. The van der Waals surface area contributed by atoms with E-state index in [4.69, 9.17) is 0 Å². The summed E-state index contributed by atoms with van der Waals surface area (Å²) < 4.78 is 14.3. The molecule has 2 rings (SSSR count). The summed E-state index contributed by atoms with van der Waals surface area (Å²) in [5.74, 6) is -0.472. The average molecular weight is 333 g/mol. The number of benzene rings is 2. The Balaban J connectivity index is 2.27. The van der Waals surface area contributed by atoms with E-state index in [1.165, 1.54) is 18.2 Å². The minimum Gasteiger partial charge on any atom is -0.289 e. The fourth-order valence-electron chi connectivity index (χ4n) is 1.99. The molecule has 0 N–H and O–H groups in total. The summed E-state index contributed by atoms with van der Waals surface area (Å²) in [6.45, 7) is 3.88. The van der Waals surface area contributed by atoms with Gasteiger partial charge in [0.25, 0.3) is 0 Å². The summed E-state index contributed by atoms with van der Waals surface area (Å²) in [6.07, 6.45) is 2.91. The standard InChI is InChI=1S/C17H14BrFO/c1-11-3-6-15(12(2)9-11)17(20)8-4-13-10-14(18)5-7-16(13)19/h3-10H,1-2H3/b8-4+. The van der Waals surface area contributed by atoms with E-state index in [0.29, 0.717) is 11.1 Å². The third-order valence-electron chi connectivity index (χ3n) is 3.02. The molecule has 2 aromatic carbocycles. The molecule has 0 amide bonds. The summed E-state index contributed by atoms with van der Waals surface area (Å²) in [6, 6.07) is 10.3. The Labute approximate surface area is 126 Å². The number of carbonyl (C=O) groups is 1. The Hall–Kier alpha value is -1.74. The predicted molar refractivity (Wildman–Crippen MR) is 83.4 cm³/mol. The van der Waals surface area contributed by atoms with Gasteiger partial charge in [-0.25, -0.2) is 4.39 Å². The maximum atomic E-state index is 13.6. The molecule has 0 aromatic heterocycles. The molecule has 102 valence electrons. The third-order valence-corrected chi connectivity index (χ3v) is 3.51. The van der Waals surface area contributed by atoms with Gasteiger partial charge in [-0.15, -0.1) is 0 Å². The number of rotatable bonds is 3. The van der Waals surface area contributed by atoms with Crippen molar-refractivity contribution in [2.24, 2.45) is 0 Å². The van der Waals surface area contributed by atoms with Crippen molar-refractivity contribution < 1.29 is 9.18 Å². The topological polar surface area (TPSA) is 17.1 Å². The minimum absolute atomic E-state index is 0.123. The fourth-order valence-corrected chi connectivity index (χ4v) is 2.37. The van der Waals surface area contributed by atoms with Crippen molar-refractivity contribution in [2.75, 3.05) is 0 Å². The van der Waals surface area contributed by atoms with Crippen LogP contribution in [0, 0.1) is 19.7 Å². The summed E-state index contributed by atoms with van der Waals surface area (Å²) >= 11 is 3.28. The molecule has 0 atom stereocenters. The third kappa shape index (κ3) is 3.42. The Morgan fingerprint density at radius 2 is 1.90 bits per heavy atom. The summed E-state index contributed by atoms with van der Waals surface area (Å²) in [5, 5.41) is 0. The number of halogens is 2. The highest BCUT2D eigenvalue weighted by atomic mass is 79.9. The van der Waals surface area contributed by atoms with Gasteiger partial charge in [-0.05, 0) is 49.8 Å². The van der Waals surface area contributed by atoms with Gasteiger partial charge >= 0.3 is 0 Å². The molecule has 0 aliphatic carbocycles. The lowest BCUT2D eigenvalue weighted by Gasteiger charge is -2.03. The van der Waals surface area contributed by atoms with Gasteiger partial charge < -0.3 is 0 Å². The lowest BCUT2D eigenvalue weighted by molar-refractivity contribution is 0.104. The Morgan fingerprint density at radius 1 is 1.15 bits per heavy atom. The summed E-state index contributed by atoms with van der Waals surface area (Å²) in [4.78, 5) is 12.1. The van der Waals surface area contributed by atoms with E-state index in [1.54, 1.807) is 18.2 Å². The highest BCUT2D eigenvalue weighted by molar-refractivity contribution is 9.10. The van der Waals surface area contributed by atoms with Crippen molar-refractivity contribution in [3.8, 4) is 0 Å². The number of carbonyl (C=O) groups excluding carboxylic acids is 1. The molecule has 1 nitrogen and oxygen atoms in total. The molecule has 0 saturated carbocycles. The summed E-state index contributed by atoms with van der Waals surface area (Å²) in [7, 11) is 0. The van der Waals surface area contributed by atoms with E-state index in [1.807, 2.05) is 26.0 Å². The van der Waals surface area contributed by atoms with Crippen LogP contribution in [0.4, 0.5) is 4.39 Å². The van der Waals surface area contributed by atoms with Crippen LogP contribution in [0.3, 0.4) is 0 Å². The number of hydrogen-bond acceptors (Lipinski definition) is 1. The maximum absolute atomic E-state index is 13.6. The van der Waals surface area contributed by atoms with Crippen LogP contribution in [-0.4, -0.2) is 5.78 Å². The maximum Gasteiger partial charge on any atom is 0.186 e. The van der Waals surface area contributed by atoms with Gasteiger partial charge in [0.1, 0.15) is 5.82 Å². The van der Waals surface area contributed by atoms with Crippen LogP contribution in [-0.2, 0) is 0 Å². The van der Waals surface area contributed by atoms with Crippen LogP contribution in [0.15, 0.2) is 46.9 Å². The molecule has 0 heterocycles. The molecular formula is C17H14BrFO. The molecule has 3 heteroatoms.